The van der Waals surface area contributed by atoms with E-state index in [9.17, 15) is 9.59 Å². The predicted molar refractivity (Wildman–Crippen MR) is 121 cm³/mol. The van der Waals surface area contributed by atoms with Gasteiger partial charge in [-0.15, -0.1) is 0 Å². The quantitative estimate of drug-likeness (QED) is 0.321. The Morgan fingerprint density at radius 3 is 2.22 bits per heavy atom. The minimum Gasteiger partial charge on any atom is -0.486 e. The third-order valence-electron chi connectivity index (χ3n) is 5.07. The number of furan rings is 1. The van der Waals surface area contributed by atoms with Crippen LogP contribution in [0.5, 0.6) is 5.75 Å². The number of fused-ring (bicyclic) bond motifs is 1. The van der Waals surface area contributed by atoms with Crippen molar-refractivity contribution in [1.29, 1.82) is 0 Å². The van der Waals surface area contributed by atoms with Gasteiger partial charge in [0.05, 0.1) is 5.39 Å². The van der Waals surface area contributed by atoms with Crippen LogP contribution in [0.4, 0.5) is 0 Å². The molecule has 0 unspecified atom stereocenters. The van der Waals surface area contributed by atoms with Gasteiger partial charge in [0.15, 0.2) is 11.5 Å². The van der Waals surface area contributed by atoms with Crippen LogP contribution in [0.2, 0.25) is 0 Å². The number of carbonyl (C=O) groups is 1. The van der Waals surface area contributed by atoms with Crippen LogP contribution in [0.15, 0.2) is 111 Å². The molecule has 0 aliphatic heterocycles. The average Bonchev–Trinajstić information content (AvgIpc) is 3.32. The Morgan fingerprint density at radius 2 is 1.44 bits per heavy atom. The van der Waals surface area contributed by atoms with Gasteiger partial charge in [0.25, 0.3) is 0 Å². The number of ketones is 1. The highest BCUT2D eigenvalue weighted by molar-refractivity contribution is 6.13. The van der Waals surface area contributed by atoms with Gasteiger partial charge >= 0.3 is 0 Å². The molecule has 156 valence electrons. The van der Waals surface area contributed by atoms with E-state index in [0.29, 0.717) is 33.8 Å². The minimum absolute atomic E-state index is 0.0558. The topological polar surface area (TPSA) is 69.7 Å². The van der Waals surface area contributed by atoms with Gasteiger partial charge in [-0.3, -0.25) is 9.59 Å². The Morgan fingerprint density at radius 1 is 0.750 bits per heavy atom. The molecule has 0 amide bonds. The molecule has 5 nitrogen and oxygen atoms in total. The molecule has 0 saturated carbocycles. The molecule has 0 aliphatic rings. The third kappa shape index (κ3) is 3.72. The molecule has 5 rings (SSSR count). The summed E-state index contributed by atoms with van der Waals surface area (Å²) >= 11 is 0. The fourth-order valence-corrected chi connectivity index (χ4v) is 3.50. The highest BCUT2D eigenvalue weighted by atomic mass is 16.5. The van der Waals surface area contributed by atoms with Gasteiger partial charge in [0.2, 0.25) is 11.2 Å². The fourth-order valence-electron chi connectivity index (χ4n) is 3.50. The van der Waals surface area contributed by atoms with Crippen LogP contribution >= 0.6 is 0 Å². The minimum atomic E-state index is -0.418. The van der Waals surface area contributed by atoms with Gasteiger partial charge in [-0.05, 0) is 36.4 Å². The molecule has 0 aliphatic carbocycles. The SMILES string of the molecule is O=C(c1ccccc1)c1c(-c2ccc(COc3ccccc3)o2)oc2ccccc2c1=O. The summed E-state index contributed by atoms with van der Waals surface area (Å²) < 4.78 is 17.7. The predicted octanol–water partition coefficient (Wildman–Crippen LogP) is 5.86. The fraction of sp³-hybridized carbons (Fsp3) is 0.0370. The molecule has 32 heavy (non-hydrogen) atoms. The van der Waals surface area contributed by atoms with Gasteiger partial charge in [0, 0.05) is 5.56 Å². The molecule has 0 spiro atoms. The lowest BCUT2D eigenvalue weighted by Gasteiger charge is -2.08. The van der Waals surface area contributed by atoms with E-state index < -0.39 is 11.2 Å². The smallest absolute Gasteiger partial charge is 0.204 e. The first-order chi connectivity index (χ1) is 15.7. The van der Waals surface area contributed by atoms with Crippen LogP contribution in [-0.4, -0.2) is 5.78 Å². The molecular formula is C27H18O5. The van der Waals surface area contributed by atoms with Gasteiger partial charge in [-0.25, -0.2) is 0 Å². The first kappa shape index (κ1) is 19.6. The molecule has 0 saturated heterocycles. The maximum atomic E-state index is 13.3. The second-order valence-corrected chi connectivity index (χ2v) is 7.19. The number of hydrogen-bond donors (Lipinski definition) is 0. The Bertz CT molecular complexity index is 1450. The number of para-hydroxylation sites is 2. The Labute approximate surface area is 183 Å². The molecule has 0 bridgehead atoms. The summed E-state index contributed by atoms with van der Waals surface area (Å²) in [7, 11) is 0. The summed E-state index contributed by atoms with van der Waals surface area (Å²) in [5.41, 5.74) is 0.333. The van der Waals surface area contributed by atoms with Crippen molar-refractivity contribution in [2.45, 2.75) is 6.61 Å². The highest BCUT2D eigenvalue weighted by Gasteiger charge is 2.25. The van der Waals surface area contributed by atoms with E-state index in [2.05, 4.69) is 0 Å². The molecule has 2 aromatic heterocycles. The summed E-state index contributed by atoms with van der Waals surface area (Å²) in [6.07, 6.45) is 0. The maximum absolute atomic E-state index is 13.3. The van der Waals surface area contributed by atoms with Crippen LogP contribution in [0.25, 0.3) is 22.5 Å². The Hall–Kier alpha value is -4.38. The van der Waals surface area contributed by atoms with Gasteiger partial charge in [-0.1, -0.05) is 60.7 Å². The summed E-state index contributed by atoms with van der Waals surface area (Å²) in [5.74, 6) is 1.23. The maximum Gasteiger partial charge on any atom is 0.204 e. The lowest BCUT2D eigenvalue weighted by molar-refractivity contribution is 0.103. The summed E-state index contributed by atoms with van der Waals surface area (Å²) in [4.78, 5) is 26.6. The standard InChI is InChI=1S/C27H18O5/c28-25(18-9-3-1-4-10-18)24-26(29)21-13-7-8-14-22(21)32-27(24)23-16-15-20(31-23)17-30-19-11-5-2-6-12-19/h1-16H,17H2. The number of carbonyl (C=O) groups excluding carboxylic acids is 1. The second-order valence-electron chi connectivity index (χ2n) is 7.19. The lowest BCUT2D eigenvalue weighted by Crippen LogP contribution is -2.17. The van der Waals surface area contributed by atoms with Crippen molar-refractivity contribution in [3.8, 4) is 17.3 Å². The van der Waals surface area contributed by atoms with E-state index >= 15 is 0 Å². The molecule has 5 aromatic rings. The van der Waals surface area contributed by atoms with Crippen molar-refractivity contribution in [3.63, 3.8) is 0 Å². The molecule has 0 atom stereocenters. The number of hydrogen-bond acceptors (Lipinski definition) is 5. The first-order valence-electron chi connectivity index (χ1n) is 10.1. The summed E-state index contributed by atoms with van der Waals surface area (Å²) in [6, 6.07) is 28.3. The first-order valence-corrected chi connectivity index (χ1v) is 10.1. The van der Waals surface area contributed by atoms with E-state index in [1.807, 2.05) is 36.4 Å². The molecule has 2 heterocycles. The van der Waals surface area contributed by atoms with Crippen molar-refractivity contribution in [3.05, 3.63) is 124 Å². The van der Waals surface area contributed by atoms with Crippen molar-refractivity contribution in [2.24, 2.45) is 0 Å². The van der Waals surface area contributed by atoms with Crippen LogP contribution in [-0.2, 0) is 6.61 Å². The van der Waals surface area contributed by atoms with E-state index in [-0.39, 0.29) is 17.9 Å². The molecule has 5 heteroatoms. The van der Waals surface area contributed by atoms with E-state index in [0.717, 1.165) is 0 Å². The zero-order valence-electron chi connectivity index (χ0n) is 17.0. The number of benzene rings is 3. The van der Waals surface area contributed by atoms with Crippen molar-refractivity contribution < 1.29 is 18.4 Å². The van der Waals surface area contributed by atoms with Crippen molar-refractivity contribution in [1.82, 2.24) is 0 Å². The second kappa shape index (κ2) is 8.40. The summed E-state index contributed by atoms with van der Waals surface area (Å²) in [5, 5.41) is 0.342. The van der Waals surface area contributed by atoms with Crippen LogP contribution in [0.1, 0.15) is 21.7 Å². The van der Waals surface area contributed by atoms with Crippen molar-refractivity contribution in [2.75, 3.05) is 0 Å². The molecule has 0 fully saturated rings. The Balaban J connectivity index is 1.58. The zero-order chi connectivity index (χ0) is 21.9. The average molecular weight is 422 g/mol. The van der Waals surface area contributed by atoms with Gasteiger partial charge in [0.1, 0.15) is 29.3 Å². The van der Waals surface area contributed by atoms with Crippen LogP contribution < -0.4 is 10.2 Å². The summed E-state index contributed by atoms with van der Waals surface area (Å²) in [6.45, 7) is 0.198. The monoisotopic (exact) mass is 422 g/mol. The Kier molecular flexibility index (Phi) is 5.14. The molecule has 3 aromatic carbocycles. The van der Waals surface area contributed by atoms with E-state index in [4.69, 9.17) is 13.6 Å². The highest BCUT2D eigenvalue weighted by Crippen LogP contribution is 2.29. The van der Waals surface area contributed by atoms with Gasteiger partial charge < -0.3 is 13.6 Å². The van der Waals surface area contributed by atoms with Crippen molar-refractivity contribution >= 4 is 16.8 Å². The van der Waals surface area contributed by atoms with Gasteiger partial charge in [-0.2, -0.15) is 0 Å². The van der Waals surface area contributed by atoms with Crippen LogP contribution in [0.3, 0.4) is 0 Å². The number of ether oxygens (including phenoxy) is 1. The third-order valence-corrected chi connectivity index (χ3v) is 5.07. The van der Waals surface area contributed by atoms with E-state index in [1.54, 1.807) is 60.7 Å². The van der Waals surface area contributed by atoms with E-state index in [1.165, 1.54) is 0 Å². The lowest BCUT2D eigenvalue weighted by atomic mass is 9.99. The van der Waals surface area contributed by atoms with Crippen LogP contribution in [0, 0.1) is 0 Å². The normalized spacial score (nSPS) is 10.9. The molecule has 0 radical (unpaired) electrons. The largest absolute Gasteiger partial charge is 0.486 e. The molecule has 0 N–H and O–H groups in total. The number of rotatable bonds is 6. The zero-order valence-corrected chi connectivity index (χ0v) is 17.0. The molecular weight excluding hydrogens is 404 g/mol.